The van der Waals surface area contributed by atoms with E-state index in [-0.39, 0.29) is 6.61 Å². The van der Waals surface area contributed by atoms with Gasteiger partial charge in [-0.1, -0.05) is 19.8 Å². The van der Waals surface area contributed by atoms with Gasteiger partial charge in [-0.2, -0.15) is 0 Å². The van der Waals surface area contributed by atoms with Gasteiger partial charge in [0.25, 0.3) is 0 Å². The van der Waals surface area contributed by atoms with E-state index >= 15 is 0 Å². The maximum absolute atomic E-state index is 10.00. The molecule has 0 unspecified atom stereocenters. The Hall–Kier alpha value is -0.480. The Balaban J connectivity index is 2.99. The van der Waals surface area contributed by atoms with E-state index in [2.05, 4.69) is 18.8 Å². The molecule has 0 bridgehead atoms. The van der Waals surface area contributed by atoms with Gasteiger partial charge in [-0.3, -0.25) is 0 Å². The smallest absolute Gasteiger partial charge is 0.0831 e. The zero-order valence-corrected chi connectivity index (χ0v) is 7.36. The van der Waals surface area contributed by atoms with Crippen molar-refractivity contribution in [1.29, 1.82) is 0 Å². The van der Waals surface area contributed by atoms with E-state index in [1.807, 2.05) is 0 Å². The van der Waals surface area contributed by atoms with Crippen LogP contribution in [0.15, 0.2) is 0 Å². The first-order valence-electron chi connectivity index (χ1n) is 4.45. The molecule has 0 saturated heterocycles. The summed E-state index contributed by atoms with van der Waals surface area (Å²) in [7, 11) is 0. The van der Waals surface area contributed by atoms with E-state index in [1.165, 1.54) is 19.3 Å². The fourth-order valence-electron chi connectivity index (χ4n) is 0.801. The molecule has 0 aliphatic carbocycles. The van der Waals surface area contributed by atoms with E-state index in [9.17, 15) is 5.11 Å². The second-order valence-corrected chi connectivity index (χ2v) is 2.62. The van der Waals surface area contributed by atoms with Crippen molar-refractivity contribution in [3.63, 3.8) is 0 Å². The number of unbranched alkanes of at least 4 members (excludes halogenated alkanes) is 4. The topological polar surface area (TPSA) is 19.9 Å². The maximum Gasteiger partial charge on any atom is 0.0831 e. The van der Waals surface area contributed by atoms with Crippen molar-refractivity contribution >= 4 is 0 Å². The van der Waals surface area contributed by atoms with Crippen LogP contribution >= 0.6 is 0 Å². The lowest BCUT2D eigenvalue weighted by Crippen LogP contribution is -1.77. The normalized spacial score (nSPS) is 8.91. The van der Waals surface area contributed by atoms with Crippen LogP contribution < -0.4 is 0 Å². The molecule has 63 valence electrons. The Morgan fingerprint density at radius 2 is 1.64 bits per heavy atom. The summed E-state index contributed by atoms with van der Waals surface area (Å²) in [5.41, 5.74) is 0. The molecule has 1 nitrogen and oxygen atoms in total. The Morgan fingerprint density at radius 3 is 2.18 bits per heavy atom. The Kier molecular flexibility index (Phi) is 9.10. The highest BCUT2D eigenvalue weighted by molar-refractivity contribution is 4.98. The van der Waals surface area contributed by atoms with Gasteiger partial charge >= 0.3 is 0 Å². The van der Waals surface area contributed by atoms with Gasteiger partial charge in [-0.25, -0.2) is 5.11 Å². The van der Waals surface area contributed by atoms with Crippen molar-refractivity contribution in [1.82, 2.24) is 0 Å². The minimum absolute atomic E-state index is 0.0175. The quantitative estimate of drug-likeness (QED) is 0.427. The van der Waals surface area contributed by atoms with Gasteiger partial charge in [0.15, 0.2) is 0 Å². The number of rotatable bonds is 5. The average Bonchev–Trinajstić information content (AvgIpc) is 2.03. The highest BCUT2D eigenvalue weighted by atomic mass is 16.2. The molecule has 0 atom stereocenters. The molecule has 1 radical (unpaired) electrons. The van der Waals surface area contributed by atoms with Gasteiger partial charge in [-0.15, -0.1) is 11.8 Å². The van der Waals surface area contributed by atoms with Crippen molar-refractivity contribution in [3.05, 3.63) is 0 Å². The number of hydrogen-bond donors (Lipinski definition) is 0. The first-order chi connectivity index (χ1) is 5.41. The fraction of sp³-hybridized carbons (Fsp3) is 0.800. The molecule has 0 spiro atoms. The zero-order valence-electron chi connectivity index (χ0n) is 7.36. The van der Waals surface area contributed by atoms with Gasteiger partial charge in [0, 0.05) is 12.8 Å². The standard InChI is InChI=1S/C10H17O/c1-2-3-4-5-6-7-8-9-10-11/h2-5,8-10H2,1H3. The monoisotopic (exact) mass is 153 g/mol. The van der Waals surface area contributed by atoms with Crippen LogP contribution in [0.2, 0.25) is 0 Å². The molecule has 0 aliphatic heterocycles. The molecule has 0 aliphatic rings. The van der Waals surface area contributed by atoms with Crippen molar-refractivity contribution in [2.75, 3.05) is 6.61 Å². The van der Waals surface area contributed by atoms with Crippen molar-refractivity contribution in [2.45, 2.75) is 45.4 Å². The molecule has 0 saturated carbocycles. The third-order valence-electron chi connectivity index (χ3n) is 1.48. The minimum Gasteiger partial charge on any atom is -0.237 e. The summed E-state index contributed by atoms with van der Waals surface area (Å²) in [5.74, 6) is 6.06. The van der Waals surface area contributed by atoms with Crippen LogP contribution in [0.4, 0.5) is 0 Å². The molecule has 0 rings (SSSR count). The highest BCUT2D eigenvalue weighted by Crippen LogP contribution is 1.96. The second-order valence-electron chi connectivity index (χ2n) is 2.62. The van der Waals surface area contributed by atoms with Crippen molar-refractivity contribution < 1.29 is 5.11 Å². The average molecular weight is 153 g/mol. The molecule has 0 heterocycles. The molecular weight excluding hydrogens is 136 g/mol. The molecule has 0 N–H and O–H groups in total. The summed E-state index contributed by atoms with van der Waals surface area (Å²) >= 11 is 0. The van der Waals surface area contributed by atoms with Crippen molar-refractivity contribution in [3.8, 4) is 11.8 Å². The predicted octanol–water partition coefficient (Wildman–Crippen LogP) is 2.78. The van der Waals surface area contributed by atoms with Crippen molar-refractivity contribution in [2.24, 2.45) is 0 Å². The summed E-state index contributed by atoms with van der Waals surface area (Å²) < 4.78 is 0. The van der Waals surface area contributed by atoms with Crippen LogP contribution in [0.3, 0.4) is 0 Å². The lowest BCUT2D eigenvalue weighted by atomic mass is 10.2. The van der Waals surface area contributed by atoms with Crippen LogP contribution in [0.25, 0.3) is 0 Å². The summed E-state index contributed by atoms with van der Waals surface area (Å²) in [6, 6.07) is 0. The maximum atomic E-state index is 10.00. The van der Waals surface area contributed by atoms with Crippen LogP contribution in [-0.2, 0) is 5.11 Å². The van der Waals surface area contributed by atoms with Gasteiger partial charge in [-0.05, 0) is 12.8 Å². The predicted molar refractivity (Wildman–Crippen MR) is 46.7 cm³/mol. The first-order valence-corrected chi connectivity index (χ1v) is 4.45. The van der Waals surface area contributed by atoms with Gasteiger partial charge in [0.1, 0.15) is 0 Å². The molecular formula is C10H17O. The Morgan fingerprint density at radius 1 is 1.00 bits per heavy atom. The third kappa shape index (κ3) is 9.52. The van der Waals surface area contributed by atoms with E-state index in [1.54, 1.807) is 0 Å². The van der Waals surface area contributed by atoms with Crippen LogP contribution in [-0.4, -0.2) is 6.61 Å². The van der Waals surface area contributed by atoms with Gasteiger partial charge < -0.3 is 0 Å². The molecule has 0 aromatic carbocycles. The molecule has 0 aromatic heterocycles. The molecule has 0 amide bonds. The largest absolute Gasteiger partial charge is 0.237 e. The Labute approximate surface area is 69.8 Å². The SMILES string of the molecule is CCCCCC#CCCC[O]. The van der Waals surface area contributed by atoms with Gasteiger partial charge in [0.2, 0.25) is 0 Å². The zero-order chi connectivity index (χ0) is 8.36. The number of hydrogen-bond acceptors (Lipinski definition) is 0. The second kappa shape index (κ2) is 9.52. The fourth-order valence-corrected chi connectivity index (χ4v) is 0.801. The van der Waals surface area contributed by atoms with E-state index in [4.69, 9.17) is 0 Å². The summed E-state index contributed by atoms with van der Waals surface area (Å²) in [6.45, 7) is 2.20. The van der Waals surface area contributed by atoms with Crippen LogP contribution in [0.5, 0.6) is 0 Å². The summed E-state index contributed by atoms with van der Waals surface area (Å²) in [5, 5.41) is 10.00. The highest BCUT2D eigenvalue weighted by Gasteiger charge is 1.81. The molecule has 11 heavy (non-hydrogen) atoms. The molecule has 0 aromatic rings. The Bertz CT molecular complexity index is 119. The third-order valence-corrected chi connectivity index (χ3v) is 1.48. The van der Waals surface area contributed by atoms with E-state index in [0.717, 1.165) is 12.8 Å². The van der Waals surface area contributed by atoms with E-state index < -0.39 is 0 Å². The van der Waals surface area contributed by atoms with Crippen LogP contribution in [0.1, 0.15) is 45.4 Å². The minimum atomic E-state index is 0.0175. The lowest BCUT2D eigenvalue weighted by molar-refractivity contribution is 0.190. The first kappa shape index (κ1) is 10.5. The summed E-state index contributed by atoms with van der Waals surface area (Å²) in [4.78, 5) is 0. The molecule has 1 heteroatoms. The lowest BCUT2D eigenvalue weighted by Gasteiger charge is -1.88. The van der Waals surface area contributed by atoms with Gasteiger partial charge in [0.05, 0.1) is 6.61 Å². The molecule has 0 fully saturated rings. The van der Waals surface area contributed by atoms with Crippen LogP contribution in [0, 0.1) is 11.8 Å². The summed E-state index contributed by atoms with van der Waals surface area (Å²) in [6.07, 6.45) is 6.24. The van der Waals surface area contributed by atoms with E-state index in [0.29, 0.717) is 6.42 Å².